The highest BCUT2D eigenvalue weighted by atomic mass is 16.3. The number of hydrogen-bond acceptors (Lipinski definition) is 7. The van der Waals surface area contributed by atoms with Crippen molar-refractivity contribution in [3.63, 3.8) is 0 Å². The molecule has 1 aromatic carbocycles. The number of nitrogens with zero attached hydrogens (tertiary/aromatic N) is 3. The molecule has 0 bridgehead atoms. The van der Waals surface area contributed by atoms with E-state index in [1.165, 1.54) is 4.90 Å². The van der Waals surface area contributed by atoms with Crippen LogP contribution in [0.3, 0.4) is 0 Å². The van der Waals surface area contributed by atoms with Gasteiger partial charge >= 0.3 is 0 Å². The first-order chi connectivity index (χ1) is 15.2. The summed E-state index contributed by atoms with van der Waals surface area (Å²) in [6.45, 7) is 5.29. The highest BCUT2D eigenvalue weighted by Gasteiger charge is 2.41. The number of aromatic nitrogens is 2. The van der Waals surface area contributed by atoms with Crippen LogP contribution in [0.15, 0.2) is 36.7 Å². The lowest BCUT2D eigenvalue weighted by Crippen LogP contribution is -2.53. The molecular formula is C23H31N5O4. The summed E-state index contributed by atoms with van der Waals surface area (Å²) in [5.41, 5.74) is 9.14. The second-order valence-corrected chi connectivity index (χ2v) is 8.52. The maximum absolute atomic E-state index is 13.0. The van der Waals surface area contributed by atoms with Gasteiger partial charge in [-0.3, -0.25) is 19.6 Å². The molecule has 0 saturated carbocycles. The summed E-state index contributed by atoms with van der Waals surface area (Å²) in [6, 6.07) is 5.10. The van der Waals surface area contributed by atoms with Gasteiger partial charge in [0, 0.05) is 30.9 Å². The zero-order valence-corrected chi connectivity index (χ0v) is 18.6. The molecule has 1 aliphatic heterocycles. The molecule has 2 amide bonds. The predicted octanol–water partition coefficient (Wildman–Crippen LogP) is 0.547. The Morgan fingerprint density at radius 3 is 2.47 bits per heavy atom. The first-order valence-electron chi connectivity index (χ1n) is 10.8. The van der Waals surface area contributed by atoms with Crippen molar-refractivity contribution in [1.29, 1.82) is 0 Å². The van der Waals surface area contributed by atoms with E-state index in [0.29, 0.717) is 5.56 Å². The molecule has 172 valence electrons. The lowest BCUT2D eigenvalue weighted by molar-refractivity contribution is -0.140. The molecule has 3 rings (SSSR count). The third-order valence-electron chi connectivity index (χ3n) is 5.83. The van der Waals surface area contributed by atoms with E-state index in [-0.39, 0.29) is 31.4 Å². The van der Waals surface area contributed by atoms with E-state index in [1.807, 2.05) is 45.0 Å². The second-order valence-electron chi connectivity index (χ2n) is 8.52. The number of benzene rings is 1. The van der Waals surface area contributed by atoms with E-state index in [2.05, 4.69) is 15.3 Å². The minimum atomic E-state index is -0.835. The van der Waals surface area contributed by atoms with Gasteiger partial charge in [-0.25, -0.2) is 0 Å². The Bertz CT molecular complexity index is 950. The Morgan fingerprint density at radius 2 is 1.88 bits per heavy atom. The Morgan fingerprint density at radius 1 is 1.22 bits per heavy atom. The number of carbonyl (C=O) groups is 2. The van der Waals surface area contributed by atoms with E-state index in [9.17, 15) is 19.8 Å². The van der Waals surface area contributed by atoms with Crippen LogP contribution in [0.5, 0.6) is 0 Å². The smallest absolute Gasteiger partial charge is 0.243 e. The molecule has 9 heteroatoms. The number of rotatable bonds is 7. The van der Waals surface area contributed by atoms with Gasteiger partial charge in [0.25, 0.3) is 0 Å². The topological polar surface area (TPSA) is 142 Å². The average Bonchev–Trinajstić information content (AvgIpc) is 3.18. The summed E-state index contributed by atoms with van der Waals surface area (Å²) in [5.74, 6) is -0.884. The molecule has 2 heterocycles. The highest BCUT2D eigenvalue weighted by Crippen LogP contribution is 2.24. The number of carbonyl (C=O) groups excluding carboxylic acids is 2. The van der Waals surface area contributed by atoms with Gasteiger partial charge in [-0.1, -0.05) is 38.1 Å². The average molecular weight is 442 g/mol. The standard InChI is InChI=1S/C23H31N5O4/c1-13(2)20(24)23(32)28-11-17(30)10-19(28)22(31)27-18(12-29)15-4-6-16(7-5-15)21-14(3)25-8-9-26-21/h4-9,13,17-20,29-30H,10-12,24H2,1-3H3,(H,27,31)/t17-,18+,19+,20+/m1/s1. The van der Waals surface area contributed by atoms with Crippen molar-refractivity contribution < 1.29 is 19.8 Å². The van der Waals surface area contributed by atoms with Crippen molar-refractivity contribution in [2.45, 2.75) is 51.4 Å². The van der Waals surface area contributed by atoms with Crippen LogP contribution in [0.1, 0.15) is 37.6 Å². The van der Waals surface area contributed by atoms with Crippen molar-refractivity contribution in [2.24, 2.45) is 11.7 Å². The Labute approximate surface area is 187 Å². The van der Waals surface area contributed by atoms with Crippen molar-refractivity contribution in [1.82, 2.24) is 20.2 Å². The SMILES string of the molecule is Cc1nccnc1-c1ccc([C@H](CO)NC(=O)[C@@H]2C[C@@H](O)CN2C(=O)[C@@H](N)C(C)C)cc1. The Hall–Kier alpha value is -2.88. The first kappa shape index (κ1) is 23.8. The molecule has 1 saturated heterocycles. The first-order valence-corrected chi connectivity index (χ1v) is 10.8. The summed E-state index contributed by atoms with van der Waals surface area (Å²) in [4.78, 5) is 35.6. The molecule has 4 atom stereocenters. The fraction of sp³-hybridized carbons (Fsp3) is 0.478. The van der Waals surface area contributed by atoms with Gasteiger partial charge in [0.2, 0.25) is 11.8 Å². The maximum Gasteiger partial charge on any atom is 0.243 e. The number of nitrogens with two attached hydrogens (primary N) is 1. The minimum absolute atomic E-state index is 0.0628. The molecular weight excluding hydrogens is 410 g/mol. The fourth-order valence-corrected chi connectivity index (χ4v) is 3.85. The van der Waals surface area contributed by atoms with Crippen LogP contribution in [-0.2, 0) is 9.59 Å². The van der Waals surface area contributed by atoms with Gasteiger partial charge < -0.3 is 26.2 Å². The van der Waals surface area contributed by atoms with Gasteiger partial charge in [0.05, 0.1) is 36.2 Å². The summed E-state index contributed by atoms with van der Waals surface area (Å²) in [6.07, 6.45) is 2.59. The van der Waals surface area contributed by atoms with Crippen LogP contribution in [0.25, 0.3) is 11.3 Å². The number of hydrogen-bond donors (Lipinski definition) is 4. The summed E-state index contributed by atoms with van der Waals surface area (Å²) in [5, 5.41) is 22.8. The van der Waals surface area contributed by atoms with Crippen LogP contribution < -0.4 is 11.1 Å². The van der Waals surface area contributed by atoms with Crippen LogP contribution in [-0.4, -0.2) is 68.2 Å². The Balaban J connectivity index is 1.73. The van der Waals surface area contributed by atoms with Gasteiger partial charge in [-0.05, 0) is 18.4 Å². The molecule has 0 unspecified atom stereocenters. The number of nitrogens with one attached hydrogen (secondary N) is 1. The summed E-state index contributed by atoms with van der Waals surface area (Å²) >= 11 is 0. The van der Waals surface area contributed by atoms with Crippen LogP contribution >= 0.6 is 0 Å². The van der Waals surface area contributed by atoms with Crippen molar-refractivity contribution in [3.05, 3.63) is 47.9 Å². The molecule has 1 fully saturated rings. The van der Waals surface area contributed by atoms with Crippen LogP contribution in [0.2, 0.25) is 0 Å². The number of aliphatic hydroxyl groups excluding tert-OH is 2. The van der Waals surface area contributed by atoms with Crippen molar-refractivity contribution >= 4 is 11.8 Å². The van der Waals surface area contributed by atoms with E-state index >= 15 is 0 Å². The van der Waals surface area contributed by atoms with Crippen LogP contribution in [0, 0.1) is 12.8 Å². The van der Waals surface area contributed by atoms with E-state index < -0.39 is 30.1 Å². The molecule has 9 nitrogen and oxygen atoms in total. The monoisotopic (exact) mass is 441 g/mol. The lowest BCUT2D eigenvalue weighted by Gasteiger charge is -2.29. The molecule has 2 aromatic rings. The van der Waals surface area contributed by atoms with Gasteiger partial charge in [0.1, 0.15) is 6.04 Å². The zero-order chi connectivity index (χ0) is 23.4. The molecule has 0 spiro atoms. The number of amides is 2. The molecule has 0 radical (unpaired) electrons. The number of aryl methyl sites for hydroxylation is 1. The van der Waals surface area contributed by atoms with Crippen molar-refractivity contribution in [2.75, 3.05) is 13.2 Å². The third kappa shape index (κ3) is 5.12. The van der Waals surface area contributed by atoms with E-state index in [4.69, 9.17) is 5.73 Å². The van der Waals surface area contributed by atoms with Gasteiger partial charge in [-0.15, -0.1) is 0 Å². The molecule has 1 aromatic heterocycles. The molecule has 1 aliphatic rings. The second kappa shape index (κ2) is 10.2. The molecule has 5 N–H and O–H groups in total. The predicted molar refractivity (Wildman–Crippen MR) is 119 cm³/mol. The Kier molecular flexibility index (Phi) is 7.55. The van der Waals surface area contributed by atoms with E-state index in [0.717, 1.165) is 17.0 Å². The zero-order valence-electron chi connectivity index (χ0n) is 18.6. The largest absolute Gasteiger partial charge is 0.394 e. The summed E-state index contributed by atoms with van der Waals surface area (Å²) in [7, 11) is 0. The maximum atomic E-state index is 13.0. The lowest BCUT2D eigenvalue weighted by atomic mass is 10.0. The van der Waals surface area contributed by atoms with E-state index in [1.54, 1.807) is 12.4 Å². The normalized spacial score (nSPS) is 20.3. The molecule has 32 heavy (non-hydrogen) atoms. The highest BCUT2D eigenvalue weighted by molar-refractivity contribution is 5.90. The fourth-order valence-electron chi connectivity index (χ4n) is 3.85. The van der Waals surface area contributed by atoms with Gasteiger partial charge in [-0.2, -0.15) is 0 Å². The van der Waals surface area contributed by atoms with Crippen molar-refractivity contribution in [3.8, 4) is 11.3 Å². The van der Waals surface area contributed by atoms with Crippen LogP contribution in [0.4, 0.5) is 0 Å². The van der Waals surface area contributed by atoms with Gasteiger partial charge in [0.15, 0.2) is 0 Å². The number of β-amino-alcohol motifs (C(OH)–C–C–N with tert-alkyl or cyclic N) is 1. The minimum Gasteiger partial charge on any atom is -0.394 e. The quantitative estimate of drug-likeness (QED) is 0.491. The molecule has 0 aliphatic carbocycles. The number of aliphatic hydroxyl groups is 2. The third-order valence-corrected chi connectivity index (χ3v) is 5.83. The number of likely N-dealkylation sites (tertiary alicyclic amines) is 1. The summed E-state index contributed by atoms with van der Waals surface area (Å²) < 4.78 is 0.